The van der Waals surface area contributed by atoms with E-state index in [1.54, 1.807) is 0 Å². The zero-order chi connectivity index (χ0) is 25.8. The third kappa shape index (κ3) is 29.5. The van der Waals surface area contributed by atoms with Crippen molar-refractivity contribution in [1.82, 2.24) is 0 Å². The van der Waals surface area contributed by atoms with Crippen molar-refractivity contribution in [3.05, 3.63) is 0 Å². The van der Waals surface area contributed by atoms with E-state index < -0.39 is 6.29 Å². The number of aliphatic hydroxyl groups is 1. The monoisotopic (exact) mass is 496 g/mol. The molecule has 210 valence electrons. The SMILES string of the molecule is CCCCCCCCCCCCCCCC(O)OC(=O)CCCCCCCCCCCCC(C)C. The number of esters is 1. The minimum atomic E-state index is -0.907. The first-order chi connectivity index (χ1) is 17.1. The molecule has 0 aliphatic heterocycles. The molecular weight excluding hydrogens is 432 g/mol. The Hall–Kier alpha value is -0.570. The molecule has 3 heteroatoms. The Labute approximate surface area is 220 Å². The number of unbranched alkanes of at least 4 members (excludes halogenated alkanes) is 21. The lowest BCUT2D eigenvalue weighted by molar-refractivity contribution is -0.168. The summed E-state index contributed by atoms with van der Waals surface area (Å²) >= 11 is 0. The second kappa shape index (κ2) is 28.0. The Morgan fingerprint density at radius 2 is 0.886 bits per heavy atom. The van der Waals surface area contributed by atoms with Crippen LogP contribution in [0.3, 0.4) is 0 Å². The molecule has 0 saturated carbocycles. The molecule has 0 aliphatic rings. The van der Waals surface area contributed by atoms with E-state index in [-0.39, 0.29) is 5.97 Å². The lowest BCUT2D eigenvalue weighted by Crippen LogP contribution is -2.17. The number of ether oxygens (including phenoxy) is 1. The Morgan fingerprint density at radius 3 is 1.29 bits per heavy atom. The summed E-state index contributed by atoms with van der Waals surface area (Å²) in [6, 6.07) is 0. The van der Waals surface area contributed by atoms with E-state index in [9.17, 15) is 9.90 Å². The van der Waals surface area contributed by atoms with Crippen LogP contribution >= 0.6 is 0 Å². The largest absolute Gasteiger partial charge is 0.436 e. The number of carbonyl (C=O) groups is 1. The van der Waals surface area contributed by atoms with Gasteiger partial charge >= 0.3 is 5.97 Å². The van der Waals surface area contributed by atoms with Crippen LogP contribution in [0.4, 0.5) is 0 Å². The van der Waals surface area contributed by atoms with Crippen LogP contribution in [0.25, 0.3) is 0 Å². The standard InChI is InChI=1S/C32H64O3/c1-4-5-6-7-8-9-10-11-12-16-19-22-25-28-31(33)35-32(34)29-26-23-20-17-14-13-15-18-21-24-27-30(2)3/h30-31,33H,4-29H2,1-3H3. The Balaban J connectivity index is 3.29. The summed E-state index contributed by atoms with van der Waals surface area (Å²) in [5.41, 5.74) is 0. The van der Waals surface area contributed by atoms with Gasteiger partial charge in [-0.05, 0) is 18.8 Å². The third-order valence-electron chi connectivity index (χ3n) is 7.23. The first-order valence-corrected chi connectivity index (χ1v) is 15.9. The smallest absolute Gasteiger partial charge is 0.308 e. The van der Waals surface area contributed by atoms with Gasteiger partial charge in [0.05, 0.1) is 0 Å². The van der Waals surface area contributed by atoms with E-state index in [0.29, 0.717) is 12.8 Å². The molecule has 0 aromatic carbocycles. The molecule has 0 heterocycles. The number of carbonyl (C=O) groups excluding carboxylic acids is 1. The number of hydrogen-bond donors (Lipinski definition) is 1. The topological polar surface area (TPSA) is 46.5 Å². The van der Waals surface area contributed by atoms with Gasteiger partial charge in [-0.2, -0.15) is 0 Å². The molecule has 0 aromatic rings. The Bertz CT molecular complexity index is 421. The molecule has 0 amide bonds. The van der Waals surface area contributed by atoms with Crippen molar-refractivity contribution in [1.29, 1.82) is 0 Å². The van der Waals surface area contributed by atoms with Gasteiger partial charge in [0.15, 0.2) is 0 Å². The van der Waals surface area contributed by atoms with Crippen LogP contribution in [-0.4, -0.2) is 17.4 Å². The highest BCUT2D eigenvalue weighted by molar-refractivity contribution is 5.69. The quantitative estimate of drug-likeness (QED) is 0.0665. The van der Waals surface area contributed by atoms with Gasteiger partial charge in [-0.1, -0.05) is 162 Å². The minimum absolute atomic E-state index is 0.228. The third-order valence-corrected chi connectivity index (χ3v) is 7.23. The predicted molar refractivity (Wildman–Crippen MR) is 153 cm³/mol. The zero-order valence-electron chi connectivity index (χ0n) is 24.3. The fraction of sp³-hybridized carbons (Fsp3) is 0.969. The predicted octanol–water partition coefficient (Wildman–Crippen LogP) is 10.7. The van der Waals surface area contributed by atoms with Gasteiger partial charge in [0.1, 0.15) is 0 Å². The lowest BCUT2D eigenvalue weighted by Gasteiger charge is -2.12. The molecule has 1 N–H and O–H groups in total. The first-order valence-electron chi connectivity index (χ1n) is 15.9. The van der Waals surface area contributed by atoms with Gasteiger partial charge < -0.3 is 9.84 Å². The number of aliphatic hydroxyl groups excluding tert-OH is 1. The fourth-order valence-electron chi connectivity index (χ4n) is 4.84. The van der Waals surface area contributed by atoms with Crippen molar-refractivity contribution in [2.45, 2.75) is 194 Å². The van der Waals surface area contributed by atoms with Crippen molar-refractivity contribution in [3.63, 3.8) is 0 Å². The van der Waals surface area contributed by atoms with Crippen molar-refractivity contribution < 1.29 is 14.6 Å². The highest BCUT2D eigenvalue weighted by Crippen LogP contribution is 2.15. The van der Waals surface area contributed by atoms with Crippen LogP contribution in [0.5, 0.6) is 0 Å². The average Bonchev–Trinajstić information content (AvgIpc) is 2.82. The molecule has 35 heavy (non-hydrogen) atoms. The van der Waals surface area contributed by atoms with Crippen molar-refractivity contribution in [2.75, 3.05) is 0 Å². The average molecular weight is 497 g/mol. The Morgan fingerprint density at radius 1 is 0.543 bits per heavy atom. The summed E-state index contributed by atoms with van der Waals surface area (Å²) in [5.74, 6) is 0.619. The van der Waals surface area contributed by atoms with Gasteiger partial charge in [0, 0.05) is 12.8 Å². The molecule has 3 nitrogen and oxygen atoms in total. The van der Waals surface area contributed by atoms with Gasteiger partial charge in [-0.3, -0.25) is 4.79 Å². The molecule has 0 radical (unpaired) electrons. The van der Waals surface area contributed by atoms with Crippen LogP contribution in [0.1, 0.15) is 188 Å². The highest BCUT2D eigenvalue weighted by atomic mass is 16.6. The number of rotatable bonds is 28. The zero-order valence-corrected chi connectivity index (χ0v) is 24.3. The molecule has 1 unspecified atom stereocenters. The maximum absolute atomic E-state index is 11.9. The van der Waals surface area contributed by atoms with E-state index in [1.807, 2.05) is 0 Å². The summed E-state index contributed by atoms with van der Waals surface area (Å²) in [7, 11) is 0. The van der Waals surface area contributed by atoms with E-state index in [0.717, 1.165) is 31.6 Å². The van der Waals surface area contributed by atoms with Gasteiger partial charge in [-0.25, -0.2) is 0 Å². The van der Waals surface area contributed by atoms with Crippen LogP contribution < -0.4 is 0 Å². The molecule has 0 rings (SSSR count). The molecule has 0 spiro atoms. The van der Waals surface area contributed by atoms with Gasteiger partial charge in [0.25, 0.3) is 0 Å². The molecular formula is C32H64O3. The first kappa shape index (κ1) is 34.4. The lowest BCUT2D eigenvalue weighted by atomic mass is 10.0. The van der Waals surface area contributed by atoms with E-state index in [4.69, 9.17) is 4.74 Å². The summed E-state index contributed by atoms with van der Waals surface area (Å²) in [5, 5.41) is 9.96. The van der Waals surface area contributed by atoms with Crippen molar-refractivity contribution in [2.24, 2.45) is 5.92 Å². The van der Waals surface area contributed by atoms with E-state index in [2.05, 4.69) is 20.8 Å². The van der Waals surface area contributed by atoms with Crippen LogP contribution in [0.2, 0.25) is 0 Å². The summed E-state index contributed by atoms with van der Waals surface area (Å²) in [4.78, 5) is 11.9. The van der Waals surface area contributed by atoms with Crippen molar-refractivity contribution >= 4 is 5.97 Å². The molecule has 1 atom stereocenters. The summed E-state index contributed by atoms with van der Waals surface area (Å²) < 4.78 is 5.18. The molecule has 0 aliphatic carbocycles. The molecule has 0 aromatic heterocycles. The number of hydrogen-bond acceptors (Lipinski definition) is 3. The maximum Gasteiger partial charge on any atom is 0.308 e. The van der Waals surface area contributed by atoms with Crippen LogP contribution in [0, 0.1) is 5.92 Å². The molecule has 0 fully saturated rings. The Kier molecular flexibility index (Phi) is 27.6. The summed E-state index contributed by atoms with van der Waals surface area (Å²) in [6.07, 6.45) is 31.3. The van der Waals surface area contributed by atoms with Gasteiger partial charge in [0.2, 0.25) is 6.29 Å². The fourth-order valence-corrected chi connectivity index (χ4v) is 4.84. The second-order valence-corrected chi connectivity index (χ2v) is 11.4. The van der Waals surface area contributed by atoms with Gasteiger partial charge in [-0.15, -0.1) is 0 Å². The van der Waals surface area contributed by atoms with E-state index >= 15 is 0 Å². The van der Waals surface area contributed by atoms with Crippen molar-refractivity contribution in [3.8, 4) is 0 Å². The molecule has 0 saturated heterocycles. The second-order valence-electron chi connectivity index (χ2n) is 11.4. The molecule has 0 bridgehead atoms. The highest BCUT2D eigenvalue weighted by Gasteiger charge is 2.10. The van der Waals surface area contributed by atoms with Crippen LogP contribution in [-0.2, 0) is 9.53 Å². The summed E-state index contributed by atoms with van der Waals surface area (Å²) in [6.45, 7) is 6.89. The van der Waals surface area contributed by atoms with E-state index in [1.165, 1.54) is 128 Å². The van der Waals surface area contributed by atoms with Crippen LogP contribution in [0.15, 0.2) is 0 Å². The maximum atomic E-state index is 11.9. The normalized spacial score (nSPS) is 12.4. The minimum Gasteiger partial charge on any atom is -0.436 e.